The predicted octanol–water partition coefficient (Wildman–Crippen LogP) is 2.28. The van der Waals surface area contributed by atoms with Gasteiger partial charge in [-0.2, -0.15) is 0 Å². The molecule has 3 aromatic carbocycles. The molecule has 8 nitrogen and oxygen atoms in total. The molecule has 1 amide bonds. The monoisotopic (exact) mass is 501 g/mol. The Hall–Kier alpha value is -3.32. The first-order chi connectivity index (χ1) is 15.1. The summed E-state index contributed by atoms with van der Waals surface area (Å²) >= 11 is -5.14. The number of carboxylic acids is 1. The van der Waals surface area contributed by atoms with Crippen molar-refractivity contribution in [2.24, 2.45) is 0 Å². The molecule has 0 saturated carbocycles. The molecule has 0 bridgehead atoms. The molecule has 3 aromatic rings. The minimum Gasteiger partial charge on any atom is -0.481 e. The molecular formula is C23H24AsNO7. The van der Waals surface area contributed by atoms with Crippen LogP contribution in [-0.4, -0.2) is 44.5 Å². The second-order valence-corrected chi connectivity index (χ2v) is 10.1. The van der Waals surface area contributed by atoms with Crippen LogP contribution in [0.5, 0.6) is 5.75 Å². The van der Waals surface area contributed by atoms with Crippen molar-refractivity contribution < 1.29 is 31.7 Å². The Labute approximate surface area is 188 Å². The van der Waals surface area contributed by atoms with Crippen molar-refractivity contribution in [3.63, 3.8) is 0 Å². The molecule has 0 aliphatic carbocycles. The first-order valence-electron chi connectivity index (χ1n) is 9.59. The number of carbonyl (C=O) groups is 2. The van der Waals surface area contributed by atoms with Gasteiger partial charge < -0.3 is 5.11 Å². The number of phenolic OH excluding ortho intramolecular Hbond substituents is 1. The van der Waals surface area contributed by atoms with Crippen molar-refractivity contribution in [2.45, 2.75) is 19.8 Å². The van der Waals surface area contributed by atoms with Crippen molar-refractivity contribution in [1.82, 2.24) is 0 Å². The van der Waals surface area contributed by atoms with Crippen LogP contribution in [0.3, 0.4) is 0 Å². The van der Waals surface area contributed by atoms with E-state index in [1.807, 2.05) is 42.5 Å². The summed E-state index contributed by atoms with van der Waals surface area (Å²) in [4.78, 5) is 21.2. The van der Waals surface area contributed by atoms with Gasteiger partial charge in [-0.3, -0.25) is 4.79 Å². The number of aromatic hydroxyl groups is 1. The molecule has 0 radical (unpaired) electrons. The summed E-state index contributed by atoms with van der Waals surface area (Å²) in [6, 6.07) is 21.9. The molecule has 0 unspecified atom stereocenters. The molecule has 0 aliphatic rings. The number of benzene rings is 3. The fourth-order valence-corrected chi connectivity index (χ4v) is 4.38. The van der Waals surface area contributed by atoms with Gasteiger partial charge in [0.15, 0.2) is 0 Å². The van der Waals surface area contributed by atoms with Gasteiger partial charge in [0, 0.05) is 6.42 Å². The zero-order chi connectivity index (χ0) is 23.7. The average Bonchev–Trinajstić information content (AvgIpc) is 2.74. The van der Waals surface area contributed by atoms with Crippen LogP contribution in [0.1, 0.15) is 18.9 Å². The second-order valence-electron chi connectivity index (χ2n) is 6.85. The summed E-state index contributed by atoms with van der Waals surface area (Å²) in [6.07, 6.45) is 0.773. The molecule has 0 aliphatic heterocycles. The predicted molar refractivity (Wildman–Crippen MR) is 121 cm³/mol. The number of anilines is 1. The number of nitrogens with one attached hydrogen (secondary N) is 1. The van der Waals surface area contributed by atoms with E-state index in [1.54, 1.807) is 0 Å². The maximum absolute atomic E-state index is 11.1. The van der Waals surface area contributed by atoms with Gasteiger partial charge in [0.25, 0.3) is 0 Å². The molecule has 0 fully saturated rings. The molecular weight excluding hydrogens is 477 g/mol. The molecule has 9 heteroatoms. The number of aliphatic carboxylic acids is 1. The summed E-state index contributed by atoms with van der Waals surface area (Å²) in [5.74, 6) is -1.63. The normalized spacial score (nSPS) is 10.6. The van der Waals surface area contributed by atoms with E-state index >= 15 is 0 Å². The van der Waals surface area contributed by atoms with E-state index in [0.29, 0.717) is 6.42 Å². The number of para-hydroxylation sites is 1. The second kappa shape index (κ2) is 11.3. The fourth-order valence-electron chi connectivity index (χ4n) is 2.82. The third kappa shape index (κ3) is 7.74. The van der Waals surface area contributed by atoms with Crippen molar-refractivity contribution in [3.05, 3.63) is 78.4 Å². The number of phenols is 1. The van der Waals surface area contributed by atoms with E-state index in [4.69, 9.17) is 13.3 Å². The number of carboxylic acid groups (broad SMARTS) is 1. The topological polar surface area (TPSA) is 144 Å². The van der Waals surface area contributed by atoms with E-state index in [2.05, 4.69) is 17.4 Å². The third-order valence-electron chi connectivity index (χ3n) is 4.32. The maximum Gasteiger partial charge on any atom is 0.303 e. The van der Waals surface area contributed by atoms with E-state index in [1.165, 1.54) is 30.7 Å². The molecule has 0 atom stereocenters. The fraction of sp³-hybridized carbons (Fsp3) is 0.130. The Balaban J connectivity index is 0.000000229. The summed E-state index contributed by atoms with van der Waals surface area (Å²) in [7, 11) is 0. The maximum atomic E-state index is 11.1. The van der Waals surface area contributed by atoms with E-state index in [0.717, 1.165) is 11.1 Å². The standard InChI is InChI=1S/C15H14O2.C8H10AsNO5/c16-15(17)11-8-12-6-9-14(10-7-12)13-4-2-1-3-5-13;1-5(11)10-8-6(9(13,14)15)3-2-4-7(8)12/h1-7,9-10H,8,11H2,(H,16,17);2-4,12H,1H3,(H,10,11)(H2,13,14,15). The first kappa shape index (κ1) is 24.9. The van der Waals surface area contributed by atoms with Crippen LogP contribution in [0.4, 0.5) is 5.69 Å². The number of amides is 1. The number of hydrogen-bond acceptors (Lipinski definition) is 4. The van der Waals surface area contributed by atoms with Crippen LogP contribution in [0.25, 0.3) is 11.1 Å². The van der Waals surface area contributed by atoms with Gasteiger partial charge in [-0.05, 0) is 23.1 Å². The number of rotatable bonds is 6. The Bertz CT molecular complexity index is 1110. The molecule has 0 spiro atoms. The van der Waals surface area contributed by atoms with Gasteiger partial charge in [0.05, 0.1) is 0 Å². The Morgan fingerprint density at radius 1 is 0.875 bits per heavy atom. The molecule has 3 rings (SSSR count). The minimum absolute atomic E-state index is 0.185. The third-order valence-corrected chi connectivity index (χ3v) is 6.42. The van der Waals surface area contributed by atoms with Gasteiger partial charge in [0.1, 0.15) is 0 Å². The van der Waals surface area contributed by atoms with Crippen LogP contribution in [-0.2, 0) is 19.7 Å². The van der Waals surface area contributed by atoms with E-state index < -0.39 is 26.0 Å². The van der Waals surface area contributed by atoms with E-state index in [-0.39, 0.29) is 22.2 Å². The van der Waals surface area contributed by atoms with E-state index in [9.17, 15) is 18.4 Å². The number of aryl methyl sites for hydroxylation is 1. The Morgan fingerprint density at radius 3 is 2.00 bits per heavy atom. The van der Waals surface area contributed by atoms with Crippen LogP contribution >= 0.6 is 0 Å². The quantitative estimate of drug-likeness (QED) is 0.258. The summed E-state index contributed by atoms with van der Waals surface area (Å²) in [5, 5.41) is 20.1. The number of hydrogen-bond donors (Lipinski definition) is 5. The van der Waals surface area contributed by atoms with Crippen molar-refractivity contribution in [3.8, 4) is 16.9 Å². The SMILES string of the molecule is CC(=O)Nc1c(O)cccc1[As](=O)(O)O.O=C(O)CCc1ccc(-c2ccccc2)cc1. The van der Waals surface area contributed by atoms with Crippen molar-refractivity contribution >= 4 is 36.1 Å². The first-order valence-corrected chi connectivity index (χ1v) is 13.0. The van der Waals surface area contributed by atoms with Gasteiger partial charge in [-0.25, -0.2) is 0 Å². The molecule has 168 valence electrons. The van der Waals surface area contributed by atoms with Gasteiger partial charge in [0.2, 0.25) is 0 Å². The van der Waals surface area contributed by atoms with Gasteiger partial charge >= 0.3 is 94.1 Å². The largest absolute Gasteiger partial charge is 0.481 e. The smallest absolute Gasteiger partial charge is 0.303 e. The van der Waals surface area contributed by atoms with Crippen molar-refractivity contribution in [2.75, 3.05) is 5.32 Å². The molecule has 32 heavy (non-hydrogen) atoms. The summed E-state index contributed by atoms with van der Waals surface area (Å²) in [6.45, 7) is 1.18. The zero-order valence-electron chi connectivity index (χ0n) is 17.3. The van der Waals surface area contributed by atoms with Crippen LogP contribution in [0.15, 0.2) is 72.8 Å². The summed E-state index contributed by atoms with van der Waals surface area (Å²) in [5.41, 5.74) is 3.17. The zero-order valence-corrected chi connectivity index (χ0v) is 19.2. The summed E-state index contributed by atoms with van der Waals surface area (Å²) < 4.78 is 28.8. The molecule has 0 aromatic heterocycles. The van der Waals surface area contributed by atoms with Gasteiger partial charge in [-0.1, -0.05) is 54.6 Å². The van der Waals surface area contributed by atoms with Crippen molar-refractivity contribution in [1.29, 1.82) is 0 Å². The Morgan fingerprint density at radius 2 is 1.47 bits per heavy atom. The van der Waals surface area contributed by atoms with Gasteiger partial charge in [-0.15, -0.1) is 0 Å². The molecule has 0 heterocycles. The molecule has 0 saturated heterocycles. The number of carbonyl (C=O) groups excluding carboxylic acids is 1. The minimum atomic E-state index is -5.14. The van der Waals surface area contributed by atoms with Crippen LogP contribution in [0.2, 0.25) is 0 Å². The average molecular weight is 501 g/mol. The Kier molecular flexibility index (Phi) is 8.84. The van der Waals surface area contributed by atoms with Crippen LogP contribution in [0, 0.1) is 0 Å². The molecule has 5 N–H and O–H groups in total. The van der Waals surface area contributed by atoms with Crippen LogP contribution < -0.4 is 9.67 Å².